The molecule has 21 heavy (non-hydrogen) atoms. The van der Waals surface area contributed by atoms with Crippen LogP contribution < -0.4 is 5.32 Å². The molecule has 0 spiro atoms. The Balaban J connectivity index is 2.33. The molecule has 0 bridgehead atoms. The van der Waals surface area contributed by atoms with Crippen LogP contribution in [0, 0.1) is 6.92 Å². The van der Waals surface area contributed by atoms with Crippen molar-refractivity contribution >= 4 is 11.6 Å². The van der Waals surface area contributed by atoms with Gasteiger partial charge in [0.25, 0.3) is 5.91 Å². The van der Waals surface area contributed by atoms with E-state index in [0.717, 1.165) is 17.1 Å². The number of nitrogens with zero attached hydrogens (tertiary/aromatic N) is 4. The Kier molecular flexibility index (Phi) is 4.11. The molecule has 2 aromatic rings. The SMILES string of the molecule is C=C(F)C(=O)Nc1ccc(-n2nnnc2C(C)C)c(C)c1. The summed E-state index contributed by atoms with van der Waals surface area (Å²) < 4.78 is 14.3. The van der Waals surface area contributed by atoms with Crippen molar-refractivity contribution in [1.82, 2.24) is 20.2 Å². The van der Waals surface area contributed by atoms with E-state index in [4.69, 9.17) is 0 Å². The number of aryl methyl sites for hydroxylation is 1. The number of hydrogen-bond donors (Lipinski definition) is 1. The van der Waals surface area contributed by atoms with Gasteiger partial charge in [0.1, 0.15) is 0 Å². The summed E-state index contributed by atoms with van der Waals surface area (Å²) in [4.78, 5) is 11.3. The number of carbonyl (C=O) groups is 1. The van der Waals surface area contributed by atoms with E-state index in [-0.39, 0.29) is 5.92 Å². The van der Waals surface area contributed by atoms with Gasteiger partial charge in [-0.3, -0.25) is 4.79 Å². The summed E-state index contributed by atoms with van der Waals surface area (Å²) in [6.45, 7) is 8.81. The Labute approximate surface area is 121 Å². The van der Waals surface area contributed by atoms with Gasteiger partial charge >= 0.3 is 0 Å². The molecule has 6 nitrogen and oxygen atoms in total. The van der Waals surface area contributed by atoms with Crippen molar-refractivity contribution in [3.8, 4) is 5.69 Å². The number of amides is 1. The van der Waals surface area contributed by atoms with Crippen LogP contribution in [0.4, 0.5) is 10.1 Å². The van der Waals surface area contributed by atoms with E-state index in [1.54, 1.807) is 22.9 Å². The van der Waals surface area contributed by atoms with E-state index in [1.807, 2.05) is 20.8 Å². The summed E-state index contributed by atoms with van der Waals surface area (Å²) in [6, 6.07) is 5.16. The summed E-state index contributed by atoms with van der Waals surface area (Å²) in [5, 5.41) is 14.1. The molecule has 1 aromatic carbocycles. The highest BCUT2D eigenvalue weighted by atomic mass is 19.1. The van der Waals surface area contributed by atoms with Crippen LogP contribution in [-0.4, -0.2) is 26.1 Å². The van der Waals surface area contributed by atoms with Gasteiger partial charge in [-0.05, 0) is 41.1 Å². The Morgan fingerprint density at radius 2 is 2.14 bits per heavy atom. The number of anilines is 1. The van der Waals surface area contributed by atoms with E-state index in [0.29, 0.717) is 5.69 Å². The molecule has 0 fully saturated rings. The van der Waals surface area contributed by atoms with Gasteiger partial charge in [-0.15, -0.1) is 5.10 Å². The molecule has 0 aliphatic heterocycles. The average molecular weight is 289 g/mol. The summed E-state index contributed by atoms with van der Waals surface area (Å²) >= 11 is 0. The second-order valence-corrected chi connectivity index (χ2v) is 4.96. The zero-order valence-electron chi connectivity index (χ0n) is 12.1. The van der Waals surface area contributed by atoms with E-state index >= 15 is 0 Å². The van der Waals surface area contributed by atoms with Crippen molar-refractivity contribution in [3.63, 3.8) is 0 Å². The lowest BCUT2D eigenvalue weighted by Crippen LogP contribution is -2.12. The van der Waals surface area contributed by atoms with Gasteiger partial charge in [-0.1, -0.05) is 20.4 Å². The third kappa shape index (κ3) is 3.13. The zero-order chi connectivity index (χ0) is 15.6. The van der Waals surface area contributed by atoms with E-state index < -0.39 is 11.7 Å². The highest BCUT2D eigenvalue weighted by Crippen LogP contribution is 2.21. The fourth-order valence-corrected chi connectivity index (χ4v) is 1.90. The monoisotopic (exact) mass is 289 g/mol. The number of nitrogens with one attached hydrogen (secondary N) is 1. The summed E-state index contributed by atoms with van der Waals surface area (Å²) in [7, 11) is 0. The molecule has 2 rings (SSSR count). The fourth-order valence-electron chi connectivity index (χ4n) is 1.90. The number of benzene rings is 1. The molecule has 110 valence electrons. The molecule has 0 aliphatic carbocycles. The molecule has 0 aliphatic rings. The largest absolute Gasteiger partial charge is 0.320 e. The Morgan fingerprint density at radius 1 is 1.43 bits per heavy atom. The highest BCUT2D eigenvalue weighted by molar-refractivity contribution is 6.01. The quantitative estimate of drug-likeness (QED) is 0.878. The molecule has 0 unspecified atom stereocenters. The lowest BCUT2D eigenvalue weighted by Gasteiger charge is -2.11. The van der Waals surface area contributed by atoms with Crippen molar-refractivity contribution in [3.05, 3.63) is 42.0 Å². The molecule has 7 heteroatoms. The van der Waals surface area contributed by atoms with Crippen molar-refractivity contribution in [2.75, 3.05) is 5.32 Å². The van der Waals surface area contributed by atoms with E-state index in [9.17, 15) is 9.18 Å². The van der Waals surface area contributed by atoms with E-state index in [2.05, 4.69) is 27.4 Å². The normalized spacial score (nSPS) is 10.7. The number of aromatic nitrogens is 4. The van der Waals surface area contributed by atoms with Crippen LogP contribution in [0.25, 0.3) is 5.69 Å². The van der Waals surface area contributed by atoms with Crippen molar-refractivity contribution in [2.24, 2.45) is 0 Å². The molecule has 1 heterocycles. The van der Waals surface area contributed by atoms with Gasteiger partial charge in [0, 0.05) is 11.6 Å². The Morgan fingerprint density at radius 3 is 2.71 bits per heavy atom. The van der Waals surface area contributed by atoms with Gasteiger partial charge in [-0.25, -0.2) is 4.39 Å². The number of rotatable bonds is 4. The first-order valence-electron chi connectivity index (χ1n) is 6.45. The van der Waals surface area contributed by atoms with Crippen molar-refractivity contribution in [1.29, 1.82) is 0 Å². The van der Waals surface area contributed by atoms with Crippen LogP contribution in [-0.2, 0) is 4.79 Å². The molecule has 1 N–H and O–H groups in total. The Hall–Kier alpha value is -2.57. The lowest BCUT2D eigenvalue weighted by atomic mass is 10.1. The molecule has 0 saturated heterocycles. The smallest absolute Gasteiger partial charge is 0.283 e. The third-order valence-electron chi connectivity index (χ3n) is 2.94. The fraction of sp³-hybridized carbons (Fsp3) is 0.286. The van der Waals surface area contributed by atoms with Crippen LogP contribution in [0.3, 0.4) is 0 Å². The standard InChI is InChI=1S/C14H16FN5O/c1-8(2)13-17-18-19-20(13)12-6-5-11(7-9(12)3)16-14(21)10(4)15/h5-8H,4H2,1-3H3,(H,16,21). The minimum Gasteiger partial charge on any atom is -0.320 e. The maximum absolute atomic E-state index is 12.7. The maximum atomic E-state index is 12.7. The van der Waals surface area contributed by atoms with Gasteiger partial charge in [0.15, 0.2) is 11.7 Å². The molecule has 0 radical (unpaired) electrons. The number of tetrazole rings is 1. The first-order valence-corrected chi connectivity index (χ1v) is 6.45. The highest BCUT2D eigenvalue weighted by Gasteiger charge is 2.14. The number of hydrogen-bond acceptors (Lipinski definition) is 4. The third-order valence-corrected chi connectivity index (χ3v) is 2.94. The van der Waals surface area contributed by atoms with Crippen molar-refractivity contribution < 1.29 is 9.18 Å². The molecule has 1 amide bonds. The van der Waals surface area contributed by atoms with Gasteiger partial charge in [0.05, 0.1) is 5.69 Å². The summed E-state index contributed by atoms with van der Waals surface area (Å²) in [5.74, 6) is -0.965. The van der Waals surface area contributed by atoms with Crippen LogP contribution in [0.1, 0.15) is 31.2 Å². The minimum absolute atomic E-state index is 0.175. The number of carbonyl (C=O) groups excluding carboxylic acids is 1. The topological polar surface area (TPSA) is 72.7 Å². The first kappa shape index (κ1) is 14.8. The second-order valence-electron chi connectivity index (χ2n) is 4.96. The van der Waals surface area contributed by atoms with Crippen molar-refractivity contribution in [2.45, 2.75) is 26.7 Å². The van der Waals surface area contributed by atoms with Crippen LogP contribution in [0.2, 0.25) is 0 Å². The Bertz CT molecular complexity index is 692. The summed E-state index contributed by atoms with van der Waals surface area (Å²) in [5.41, 5.74) is 2.14. The first-order chi connectivity index (χ1) is 9.90. The molecule has 1 aromatic heterocycles. The average Bonchev–Trinajstić information content (AvgIpc) is 2.87. The van der Waals surface area contributed by atoms with Crippen LogP contribution >= 0.6 is 0 Å². The predicted octanol–water partition coefficient (Wildman–Crippen LogP) is 2.52. The minimum atomic E-state index is -1.03. The summed E-state index contributed by atoms with van der Waals surface area (Å²) in [6.07, 6.45) is 0. The van der Waals surface area contributed by atoms with Crippen LogP contribution in [0.5, 0.6) is 0 Å². The van der Waals surface area contributed by atoms with Gasteiger partial charge in [0.2, 0.25) is 0 Å². The zero-order valence-corrected chi connectivity index (χ0v) is 12.1. The predicted molar refractivity (Wildman–Crippen MR) is 76.9 cm³/mol. The molecular formula is C14H16FN5O. The molecular weight excluding hydrogens is 273 g/mol. The lowest BCUT2D eigenvalue weighted by molar-refractivity contribution is -0.114. The number of halogens is 1. The van der Waals surface area contributed by atoms with Gasteiger partial charge in [-0.2, -0.15) is 4.68 Å². The van der Waals surface area contributed by atoms with Crippen LogP contribution in [0.15, 0.2) is 30.6 Å². The molecule has 0 saturated carbocycles. The second kappa shape index (κ2) is 5.82. The van der Waals surface area contributed by atoms with Gasteiger partial charge < -0.3 is 5.32 Å². The van der Waals surface area contributed by atoms with E-state index in [1.165, 1.54) is 0 Å². The molecule has 0 atom stereocenters. The maximum Gasteiger partial charge on any atom is 0.283 e.